The Hall–Kier alpha value is -3.84. The van der Waals surface area contributed by atoms with Crippen LogP contribution in [0.25, 0.3) is 0 Å². The monoisotopic (exact) mass is 382 g/mol. The Morgan fingerprint density at radius 3 is 2.03 bits per heavy atom. The van der Waals surface area contributed by atoms with Crippen LogP contribution in [0.4, 0.5) is 5.69 Å². The van der Waals surface area contributed by atoms with Gasteiger partial charge in [-0.25, -0.2) is 0 Å². The molecule has 4 nitrogen and oxygen atoms in total. The summed E-state index contributed by atoms with van der Waals surface area (Å²) in [6.45, 7) is -0.102. The van der Waals surface area contributed by atoms with E-state index in [0.717, 1.165) is 11.1 Å². The minimum atomic E-state index is -0.302. The molecule has 0 unspecified atom stereocenters. The summed E-state index contributed by atoms with van der Waals surface area (Å²) in [5.74, 6) is 1.96. The van der Waals surface area contributed by atoms with E-state index >= 15 is 0 Å². The molecule has 0 saturated carbocycles. The molecular formula is C25H22N2O2. The number of carbonyl (C=O) groups is 2. The minimum Gasteiger partial charge on any atom is -0.347 e. The molecule has 144 valence electrons. The van der Waals surface area contributed by atoms with Crippen molar-refractivity contribution >= 4 is 17.5 Å². The second-order valence-corrected chi connectivity index (χ2v) is 6.63. The number of hydrogen-bond donors (Lipinski definition) is 2. The molecule has 0 atom stereocenters. The Kier molecular flexibility index (Phi) is 6.80. The zero-order valence-corrected chi connectivity index (χ0v) is 16.0. The second kappa shape index (κ2) is 9.91. The number of rotatable bonds is 7. The Bertz CT molecular complexity index is 968. The van der Waals surface area contributed by atoms with E-state index < -0.39 is 0 Å². The molecule has 2 amide bonds. The van der Waals surface area contributed by atoms with Crippen LogP contribution in [0.15, 0.2) is 84.9 Å². The van der Waals surface area contributed by atoms with E-state index in [2.05, 4.69) is 16.6 Å². The lowest BCUT2D eigenvalue weighted by atomic mass is 9.88. The first kappa shape index (κ1) is 19.9. The SMILES string of the molecule is C#Cc1cccc(NC(=O)CNC(=O)CC(c2ccccc2)c2ccccc2)c1. The smallest absolute Gasteiger partial charge is 0.243 e. The quantitative estimate of drug-likeness (QED) is 0.608. The largest absolute Gasteiger partial charge is 0.347 e. The Morgan fingerprint density at radius 1 is 0.828 bits per heavy atom. The zero-order chi connectivity index (χ0) is 20.5. The van der Waals surface area contributed by atoms with Gasteiger partial charge in [-0.3, -0.25) is 9.59 Å². The highest BCUT2D eigenvalue weighted by Gasteiger charge is 2.18. The van der Waals surface area contributed by atoms with Crippen molar-refractivity contribution < 1.29 is 9.59 Å². The molecule has 0 heterocycles. The lowest BCUT2D eigenvalue weighted by Gasteiger charge is -2.18. The van der Waals surface area contributed by atoms with Gasteiger partial charge in [-0.1, -0.05) is 72.7 Å². The molecular weight excluding hydrogens is 360 g/mol. The molecule has 0 fully saturated rings. The fourth-order valence-electron chi connectivity index (χ4n) is 3.13. The molecule has 3 aromatic carbocycles. The average molecular weight is 382 g/mol. The van der Waals surface area contributed by atoms with Gasteiger partial charge in [0.2, 0.25) is 11.8 Å². The number of amides is 2. The topological polar surface area (TPSA) is 58.2 Å². The molecule has 0 aliphatic rings. The number of carbonyl (C=O) groups excluding carboxylic acids is 2. The average Bonchev–Trinajstić information content (AvgIpc) is 2.77. The van der Waals surface area contributed by atoms with Gasteiger partial charge in [0.1, 0.15) is 0 Å². The maximum absolute atomic E-state index is 12.5. The van der Waals surface area contributed by atoms with Crippen LogP contribution in [0.5, 0.6) is 0 Å². The number of nitrogens with one attached hydrogen (secondary N) is 2. The fraction of sp³-hybridized carbons (Fsp3) is 0.120. The summed E-state index contributed by atoms with van der Waals surface area (Å²) in [4.78, 5) is 24.7. The molecule has 2 N–H and O–H groups in total. The normalized spacial score (nSPS) is 10.2. The zero-order valence-electron chi connectivity index (χ0n) is 16.0. The predicted octanol–water partition coefficient (Wildman–Crippen LogP) is 3.94. The summed E-state index contributed by atoms with van der Waals surface area (Å²) in [5.41, 5.74) is 3.40. The van der Waals surface area contributed by atoms with E-state index in [4.69, 9.17) is 6.42 Å². The van der Waals surface area contributed by atoms with Crippen LogP contribution in [0.2, 0.25) is 0 Å². The van der Waals surface area contributed by atoms with Gasteiger partial charge in [0.25, 0.3) is 0 Å². The third-order valence-corrected chi connectivity index (χ3v) is 4.55. The van der Waals surface area contributed by atoms with Crippen molar-refractivity contribution in [1.29, 1.82) is 0 Å². The lowest BCUT2D eigenvalue weighted by molar-refractivity contribution is -0.124. The molecule has 0 aliphatic carbocycles. The van der Waals surface area contributed by atoms with Crippen molar-refractivity contribution in [2.24, 2.45) is 0 Å². The fourth-order valence-corrected chi connectivity index (χ4v) is 3.13. The number of hydrogen-bond acceptors (Lipinski definition) is 2. The van der Waals surface area contributed by atoms with Crippen LogP contribution in [-0.2, 0) is 9.59 Å². The lowest BCUT2D eigenvalue weighted by Crippen LogP contribution is -2.33. The van der Waals surface area contributed by atoms with Crippen LogP contribution >= 0.6 is 0 Å². The van der Waals surface area contributed by atoms with Gasteiger partial charge >= 0.3 is 0 Å². The Balaban J connectivity index is 1.60. The standard InChI is InChI=1S/C25H22N2O2/c1-2-19-10-9-15-22(16-19)27-25(29)18-26-24(28)17-23(20-11-5-3-6-12-20)21-13-7-4-8-14-21/h1,3-16,23H,17-18H2,(H,26,28)(H,27,29). The highest BCUT2D eigenvalue weighted by Crippen LogP contribution is 2.27. The van der Waals surface area contributed by atoms with Crippen molar-refractivity contribution in [3.8, 4) is 12.3 Å². The number of anilines is 1. The second-order valence-electron chi connectivity index (χ2n) is 6.63. The van der Waals surface area contributed by atoms with Gasteiger partial charge in [-0.2, -0.15) is 0 Å². The summed E-state index contributed by atoms with van der Waals surface area (Å²) in [5, 5.41) is 5.45. The molecule has 0 aromatic heterocycles. The van der Waals surface area contributed by atoms with Gasteiger partial charge < -0.3 is 10.6 Å². The van der Waals surface area contributed by atoms with Gasteiger partial charge in [0.15, 0.2) is 0 Å². The van der Waals surface area contributed by atoms with Crippen LogP contribution in [0.3, 0.4) is 0 Å². The molecule has 3 rings (SSSR count). The molecule has 0 bridgehead atoms. The van der Waals surface area contributed by atoms with Gasteiger partial charge in [0, 0.05) is 23.6 Å². The highest BCUT2D eigenvalue weighted by atomic mass is 16.2. The summed E-state index contributed by atoms with van der Waals surface area (Å²) in [6, 6.07) is 26.8. The number of benzene rings is 3. The number of terminal acetylenes is 1. The summed E-state index contributed by atoms with van der Waals surface area (Å²) in [6.07, 6.45) is 5.63. The van der Waals surface area contributed by atoms with Crippen molar-refractivity contribution in [3.63, 3.8) is 0 Å². The molecule has 0 saturated heterocycles. The van der Waals surface area contributed by atoms with Gasteiger partial charge in [0.05, 0.1) is 6.54 Å². The third-order valence-electron chi connectivity index (χ3n) is 4.55. The van der Waals surface area contributed by atoms with E-state index in [1.165, 1.54) is 0 Å². The predicted molar refractivity (Wildman–Crippen MR) is 115 cm³/mol. The van der Waals surface area contributed by atoms with Crippen molar-refractivity contribution in [3.05, 3.63) is 102 Å². The molecule has 4 heteroatoms. The molecule has 0 spiro atoms. The van der Waals surface area contributed by atoms with Crippen LogP contribution < -0.4 is 10.6 Å². The molecule has 0 radical (unpaired) electrons. The first-order chi connectivity index (χ1) is 14.2. The van der Waals surface area contributed by atoms with Gasteiger partial charge in [-0.15, -0.1) is 6.42 Å². The van der Waals surface area contributed by atoms with Crippen molar-refractivity contribution in [2.45, 2.75) is 12.3 Å². The maximum Gasteiger partial charge on any atom is 0.243 e. The first-order valence-electron chi connectivity index (χ1n) is 9.39. The molecule has 29 heavy (non-hydrogen) atoms. The van der Waals surface area contributed by atoms with E-state index in [1.54, 1.807) is 24.3 Å². The Labute approximate surface area is 171 Å². The van der Waals surface area contributed by atoms with Crippen LogP contribution in [0.1, 0.15) is 29.0 Å². The minimum absolute atomic E-state index is 0.0761. The van der Waals surface area contributed by atoms with Crippen molar-refractivity contribution in [1.82, 2.24) is 5.32 Å². The molecule has 0 aliphatic heterocycles. The first-order valence-corrected chi connectivity index (χ1v) is 9.39. The van der Waals surface area contributed by atoms with E-state index in [9.17, 15) is 9.59 Å². The highest BCUT2D eigenvalue weighted by molar-refractivity contribution is 5.94. The van der Waals surface area contributed by atoms with Gasteiger partial charge in [-0.05, 0) is 29.3 Å². The van der Waals surface area contributed by atoms with Crippen LogP contribution in [-0.4, -0.2) is 18.4 Å². The van der Waals surface area contributed by atoms with Crippen molar-refractivity contribution in [2.75, 3.05) is 11.9 Å². The van der Waals surface area contributed by atoms with Crippen LogP contribution in [0, 0.1) is 12.3 Å². The van der Waals surface area contributed by atoms with E-state index in [0.29, 0.717) is 11.3 Å². The third kappa shape index (κ3) is 5.82. The van der Waals surface area contributed by atoms with E-state index in [-0.39, 0.29) is 30.7 Å². The summed E-state index contributed by atoms with van der Waals surface area (Å²) >= 11 is 0. The molecule has 3 aromatic rings. The Morgan fingerprint density at radius 2 is 1.45 bits per heavy atom. The summed E-state index contributed by atoms with van der Waals surface area (Å²) < 4.78 is 0. The van der Waals surface area contributed by atoms with E-state index in [1.807, 2.05) is 60.7 Å². The maximum atomic E-state index is 12.5. The summed E-state index contributed by atoms with van der Waals surface area (Å²) in [7, 11) is 0.